The van der Waals surface area contributed by atoms with E-state index < -0.39 is 0 Å². The summed E-state index contributed by atoms with van der Waals surface area (Å²) < 4.78 is 5.60. The third-order valence-electron chi connectivity index (χ3n) is 3.88. The number of fused-ring (bicyclic) bond motifs is 2. The molecule has 0 saturated heterocycles. The summed E-state index contributed by atoms with van der Waals surface area (Å²) in [7, 11) is 0. The zero-order chi connectivity index (χ0) is 13.7. The molecule has 0 amide bonds. The number of pyridine rings is 1. The number of halogens is 2. The maximum absolute atomic E-state index is 6.40. The Bertz CT molecular complexity index is 698. The molecule has 0 bridgehead atoms. The second-order valence-corrected chi connectivity index (χ2v) is 6.20. The Morgan fingerprint density at radius 3 is 2.80 bits per heavy atom. The first-order valence-corrected chi connectivity index (χ1v) is 7.63. The van der Waals surface area contributed by atoms with Crippen LogP contribution in [0.1, 0.15) is 24.1 Å². The van der Waals surface area contributed by atoms with E-state index in [0.29, 0.717) is 29.3 Å². The average Bonchev–Trinajstić information content (AvgIpc) is 3.27. The lowest BCUT2D eigenvalue weighted by atomic mass is 10.0. The van der Waals surface area contributed by atoms with E-state index in [4.69, 9.17) is 32.9 Å². The molecule has 2 aromatic rings. The summed E-state index contributed by atoms with van der Waals surface area (Å²) in [6.07, 6.45) is 3.24. The summed E-state index contributed by atoms with van der Waals surface area (Å²) in [4.78, 5) is 4.73. The number of hydrogen-bond donors (Lipinski definition) is 1. The van der Waals surface area contributed by atoms with Gasteiger partial charge in [-0.15, -0.1) is 0 Å². The van der Waals surface area contributed by atoms with Gasteiger partial charge in [0.2, 0.25) is 0 Å². The van der Waals surface area contributed by atoms with Crippen molar-refractivity contribution in [2.45, 2.75) is 31.9 Å². The Balaban J connectivity index is 2.03. The molecule has 1 aliphatic carbocycles. The Labute approximate surface area is 127 Å². The van der Waals surface area contributed by atoms with Crippen LogP contribution in [-0.4, -0.2) is 17.6 Å². The molecule has 3 nitrogen and oxygen atoms in total. The molecular formula is C15H14Cl2N2O. The van der Waals surface area contributed by atoms with E-state index in [1.54, 1.807) is 0 Å². The number of nitrogens with zero attached hydrogens (tertiary/aromatic N) is 1. The molecular weight excluding hydrogens is 295 g/mol. The average molecular weight is 309 g/mol. The van der Waals surface area contributed by atoms with Crippen LogP contribution in [-0.2, 0) is 17.8 Å². The third kappa shape index (κ3) is 2.05. The van der Waals surface area contributed by atoms with Gasteiger partial charge in [0.1, 0.15) is 0 Å². The molecule has 0 spiro atoms. The van der Waals surface area contributed by atoms with Crippen LogP contribution in [0.15, 0.2) is 12.1 Å². The van der Waals surface area contributed by atoms with Crippen molar-refractivity contribution in [3.05, 3.63) is 33.4 Å². The molecule has 0 unspecified atom stereocenters. The molecule has 1 fully saturated rings. The van der Waals surface area contributed by atoms with Crippen molar-refractivity contribution in [3.8, 4) is 0 Å². The highest BCUT2D eigenvalue weighted by atomic mass is 35.5. The molecule has 1 aromatic heterocycles. The molecule has 1 saturated carbocycles. The number of ether oxygens (including phenoxy) is 1. The molecule has 2 aliphatic rings. The lowest BCUT2D eigenvalue weighted by molar-refractivity contribution is 0.110. The molecule has 1 aliphatic heterocycles. The predicted molar refractivity (Wildman–Crippen MR) is 81.8 cm³/mol. The van der Waals surface area contributed by atoms with E-state index in [1.807, 2.05) is 12.1 Å². The van der Waals surface area contributed by atoms with Crippen LogP contribution in [0.25, 0.3) is 10.9 Å². The van der Waals surface area contributed by atoms with Crippen molar-refractivity contribution in [2.24, 2.45) is 0 Å². The molecule has 1 N–H and O–H groups in total. The minimum atomic E-state index is 0.543. The van der Waals surface area contributed by atoms with Gasteiger partial charge in [0.25, 0.3) is 0 Å². The normalized spacial score (nSPS) is 18.1. The fourth-order valence-electron chi connectivity index (χ4n) is 2.68. The van der Waals surface area contributed by atoms with Gasteiger partial charge in [-0.05, 0) is 25.0 Å². The number of nitrogens with one attached hydrogen (secondary N) is 1. The quantitative estimate of drug-likeness (QED) is 0.903. The van der Waals surface area contributed by atoms with Crippen LogP contribution in [0.2, 0.25) is 10.0 Å². The van der Waals surface area contributed by atoms with Gasteiger partial charge in [-0.1, -0.05) is 23.2 Å². The van der Waals surface area contributed by atoms with Crippen molar-refractivity contribution in [1.29, 1.82) is 0 Å². The van der Waals surface area contributed by atoms with Gasteiger partial charge >= 0.3 is 0 Å². The molecule has 2 heterocycles. The van der Waals surface area contributed by atoms with Gasteiger partial charge in [0, 0.05) is 23.4 Å². The summed E-state index contributed by atoms with van der Waals surface area (Å²) in [6.45, 7) is 1.31. The summed E-state index contributed by atoms with van der Waals surface area (Å²) >= 11 is 12.7. The molecule has 0 atom stereocenters. The second-order valence-electron chi connectivity index (χ2n) is 5.39. The molecule has 104 valence electrons. The fraction of sp³-hybridized carbons (Fsp3) is 0.400. The lowest BCUT2D eigenvalue weighted by Crippen LogP contribution is -2.16. The van der Waals surface area contributed by atoms with Crippen LogP contribution >= 0.6 is 23.2 Å². The maximum Gasteiger partial charge on any atom is 0.0927 e. The zero-order valence-corrected chi connectivity index (χ0v) is 12.4. The number of benzene rings is 1. The molecule has 4 rings (SSSR count). The van der Waals surface area contributed by atoms with Gasteiger partial charge < -0.3 is 10.1 Å². The minimum Gasteiger partial charge on any atom is -0.381 e. The van der Waals surface area contributed by atoms with Crippen LogP contribution < -0.4 is 5.32 Å². The standard InChI is InChI=1S/C15H14Cl2N2O/c16-10-3-4-11(17)15-13(10)14(18-8-1-2-8)9-7-20-6-5-12(9)19-15/h3-4,8H,1-2,5-7H2,(H,18,19). The van der Waals surface area contributed by atoms with Crippen LogP contribution in [0.5, 0.6) is 0 Å². The smallest absolute Gasteiger partial charge is 0.0927 e. The Kier molecular flexibility index (Phi) is 3.02. The zero-order valence-electron chi connectivity index (χ0n) is 10.9. The first kappa shape index (κ1) is 12.7. The van der Waals surface area contributed by atoms with Crippen LogP contribution in [0.4, 0.5) is 5.69 Å². The van der Waals surface area contributed by atoms with Gasteiger partial charge in [-0.25, -0.2) is 0 Å². The molecule has 1 aromatic carbocycles. The number of hydrogen-bond acceptors (Lipinski definition) is 3. The number of rotatable bonds is 2. The molecule has 20 heavy (non-hydrogen) atoms. The van der Waals surface area contributed by atoms with E-state index in [9.17, 15) is 0 Å². The van der Waals surface area contributed by atoms with Crippen LogP contribution in [0, 0.1) is 0 Å². The first-order valence-electron chi connectivity index (χ1n) is 6.88. The van der Waals surface area contributed by atoms with Crippen molar-refractivity contribution in [3.63, 3.8) is 0 Å². The van der Waals surface area contributed by atoms with Gasteiger partial charge in [0.15, 0.2) is 0 Å². The highest BCUT2D eigenvalue weighted by Gasteiger charge is 2.27. The van der Waals surface area contributed by atoms with Crippen LogP contribution in [0.3, 0.4) is 0 Å². The molecule has 5 heteroatoms. The predicted octanol–water partition coefficient (Wildman–Crippen LogP) is 4.19. The first-order chi connectivity index (χ1) is 9.74. The van der Waals surface area contributed by atoms with Crippen molar-refractivity contribution < 1.29 is 4.74 Å². The lowest BCUT2D eigenvalue weighted by Gasteiger charge is -2.22. The SMILES string of the molecule is Clc1ccc(Cl)c2c(NC3CC3)c3c(nc12)CCOC3. The van der Waals surface area contributed by atoms with Gasteiger partial charge in [0.05, 0.1) is 40.2 Å². The number of anilines is 1. The van der Waals surface area contributed by atoms with E-state index in [0.717, 1.165) is 34.3 Å². The summed E-state index contributed by atoms with van der Waals surface area (Å²) in [5, 5.41) is 5.86. The Morgan fingerprint density at radius 1 is 1.20 bits per heavy atom. The van der Waals surface area contributed by atoms with Crippen molar-refractivity contribution >= 4 is 39.8 Å². The van der Waals surface area contributed by atoms with E-state index in [-0.39, 0.29) is 0 Å². The molecule has 0 radical (unpaired) electrons. The monoisotopic (exact) mass is 308 g/mol. The topological polar surface area (TPSA) is 34.2 Å². The second kappa shape index (κ2) is 4.76. The third-order valence-corrected chi connectivity index (χ3v) is 4.50. The fourth-order valence-corrected chi connectivity index (χ4v) is 3.13. The number of aromatic nitrogens is 1. The van der Waals surface area contributed by atoms with E-state index >= 15 is 0 Å². The summed E-state index contributed by atoms with van der Waals surface area (Å²) in [5.74, 6) is 0. The van der Waals surface area contributed by atoms with E-state index in [2.05, 4.69) is 5.32 Å². The van der Waals surface area contributed by atoms with Crippen molar-refractivity contribution in [2.75, 3.05) is 11.9 Å². The maximum atomic E-state index is 6.40. The van der Waals surface area contributed by atoms with Crippen molar-refractivity contribution in [1.82, 2.24) is 4.98 Å². The summed E-state index contributed by atoms with van der Waals surface area (Å²) in [5.41, 5.74) is 4.08. The largest absolute Gasteiger partial charge is 0.381 e. The highest BCUT2D eigenvalue weighted by Crippen LogP contribution is 2.40. The van der Waals surface area contributed by atoms with E-state index in [1.165, 1.54) is 12.8 Å². The minimum absolute atomic E-state index is 0.543. The Hall–Kier alpha value is -1.03. The Morgan fingerprint density at radius 2 is 2.00 bits per heavy atom. The highest BCUT2D eigenvalue weighted by molar-refractivity contribution is 6.41. The summed E-state index contributed by atoms with van der Waals surface area (Å²) in [6, 6.07) is 4.19. The van der Waals surface area contributed by atoms with Gasteiger partial charge in [-0.3, -0.25) is 4.98 Å². The van der Waals surface area contributed by atoms with Gasteiger partial charge in [-0.2, -0.15) is 0 Å².